The van der Waals surface area contributed by atoms with Crippen molar-refractivity contribution >= 4 is 39.8 Å². The van der Waals surface area contributed by atoms with Crippen molar-refractivity contribution in [1.29, 1.82) is 0 Å². The molecule has 0 saturated heterocycles. The molecule has 8 heteroatoms. The molecule has 0 unspecified atom stereocenters. The number of fused-ring (bicyclic) bond motifs is 1. The fourth-order valence-corrected chi connectivity index (χ4v) is 4.52. The topological polar surface area (TPSA) is 85.8 Å². The quantitative estimate of drug-likeness (QED) is 0.336. The molecule has 0 fully saturated rings. The van der Waals surface area contributed by atoms with E-state index in [-0.39, 0.29) is 11.7 Å². The largest absolute Gasteiger partial charge is 0.355 e. The summed E-state index contributed by atoms with van der Waals surface area (Å²) < 4.78 is 1.48. The summed E-state index contributed by atoms with van der Waals surface area (Å²) in [5, 5.41) is 16.2. The lowest BCUT2D eigenvalue weighted by Crippen LogP contribution is -2.27. The second kappa shape index (κ2) is 9.11. The smallest absolute Gasteiger partial charge is 0.230 e. The molecule has 0 aliphatic heterocycles. The summed E-state index contributed by atoms with van der Waals surface area (Å²) in [5.74, 6) is 7.08. The minimum atomic E-state index is -0.0369. The number of hydrogen-bond donors (Lipinski definition) is 2. The Morgan fingerprint density at radius 1 is 1.10 bits per heavy atom. The molecule has 0 atom stereocenters. The summed E-state index contributed by atoms with van der Waals surface area (Å²) in [5.41, 5.74) is 1.14. The molecule has 29 heavy (non-hydrogen) atoms. The van der Waals surface area contributed by atoms with E-state index in [1.807, 2.05) is 29.6 Å². The molecule has 148 valence electrons. The van der Waals surface area contributed by atoms with Gasteiger partial charge >= 0.3 is 0 Å². The van der Waals surface area contributed by atoms with E-state index < -0.39 is 0 Å². The lowest BCUT2D eigenvalue weighted by atomic mass is 10.0. The lowest BCUT2D eigenvalue weighted by Gasteiger charge is -2.07. The molecule has 0 saturated carbocycles. The van der Waals surface area contributed by atoms with Crippen LogP contribution in [0.1, 0.15) is 16.3 Å². The normalized spacial score (nSPS) is 11.0. The Labute approximate surface area is 177 Å². The molecule has 6 nitrogen and oxygen atoms in total. The van der Waals surface area contributed by atoms with Crippen molar-refractivity contribution in [1.82, 2.24) is 20.2 Å². The van der Waals surface area contributed by atoms with Gasteiger partial charge in [-0.25, -0.2) is 4.68 Å². The fraction of sp³-hybridized carbons (Fsp3) is 0.190. The zero-order valence-electron chi connectivity index (χ0n) is 15.7. The van der Waals surface area contributed by atoms with Gasteiger partial charge in [0.2, 0.25) is 11.1 Å². The zero-order valence-corrected chi connectivity index (χ0v) is 17.4. The van der Waals surface area contributed by atoms with Crippen LogP contribution in [0.4, 0.5) is 0 Å². The Morgan fingerprint density at radius 3 is 2.83 bits per heavy atom. The maximum Gasteiger partial charge on any atom is 0.230 e. The van der Waals surface area contributed by atoms with E-state index in [4.69, 9.17) is 5.84 Å². The van der Waals surface area contributed by atoms with Crippen molar-refractivity contribution in [3.63, 3.8) is 0 Å². The Kier molecular flexibility index (Phi) is 6.12. The van der Waals surface area contributed by atoms with Crippen LogP contribution < -0.4 is 11.2 Å². The first-order chi connectivity index (χ1) is 14.2. The van der Waals surface area contributed by atoms with E-state index >= 15 is 0 Å². The first-order valence-corrected chi connectivity index (χ1v) is 11.1. The predicted molar refractivity (Wildman–Crippen MR) is 119 cm³/mol. The van der Waals surface area contributed by atoms with Crippen molar-refractivity contribution in [3.8, 4) is 0 Å². The average molecular weight is 424 g/mol. The van der Waals surface area contributed by atoms with Crippen LogP contribution in [0.15, 0.2) is 65.1 Å². The number of nitrogen functional groups attached to an aromatic ring is 1. The number of thiophene rings is 1. The minimum Gasteiger partial charge on any atom is -0.355 e. The Balaban J connectivity index is 1.34. The van der Waals surface area contributed by atoms with Crippen LogP contribution in [-0.2, 0) is 17.6 Å². The molecule has 0 bridgehead atoms. The highest BCUT2D eigenvalue weighted by molar-refractivity contribution is 7.99. The van der Waals surface area contributed by atoms with Gasteiger partial charge in [0.25, 0.3) is 0 Å². The first-order valence-electron chi connectivity index (χ1n) is 9.28. The molecule has 0 aliphatic carbocycles. The maximum atomic E-state index is 12.1. The first kappa shape index (κ1) is 19.5. The van der Waals surface area contributed by atoms with Crippen LogP contribution >= 0.6 is 23.1 Å². The molecular weight excluding hydrogens is 402 g/mol. The summed E-state index contributed by atoms with van der Waals surface area (Å²) in [6.07, 6.45) is 1.43. The molecule has 2 aromatic carbocycles. The van der Waals surface area contributed by atoms with Crippen LogP contribution in [0.3, 0.4) is 0 Å². The van der Waals surface area contributed by atoms with Gasteiger partial charge < -0.3 is 11.2 Å². The molecule has 0 radical (unpaired) electrons. The van der Waals surface area contributed by atoms with Crippen LogP contribution in [0.25, 0.3) is 10.8 Å². The molecule has 0 aliphatic rings. The fourth-order valence-electron chi connectivity index (χ4n) is 3.10. The maximum absolute atomic E-state index is 12.1. The van der Waals surface area contributed by atoms with Crippen LogP contribution in [0.2, 0.25) is 0 Å². The molecule has 3 N–H and O–H groups in total. The second-order valence-corrected chi connectivity index (χ2v) is 8.53. The third-order valence-corrected chi connectivity index (χ3v) is 6.45. The molecule has 2 aromatic heterocycles. The summed E-state index contributed by atoms with van der Waals surface area (Å²) in [7, 11) is 0. The van der Waals surface area contributed by atoms with Crippen molar-refractivity contribution in [2.75, 3.05) is 18.1 Å². The number of carbonyl (C=O) groups is 1. The molecule has 0 spiro atoms. The van der Waals surface area contributed by atoms with Gasteiger partial charge in [-0.15, -0.1) is 21.5 Å². The molecule has 4 rings (SSSR count). The molecule has 4 aromatic rings. The Bertz CT molecular complexity index is 1100. The number of benzene rings is 2. The number of thioether (sulfide) groups is 1. The van der Waals surface area contributed by atoms with E-state index in [0.29, 0.717) is 23.9 Å². The summed E-state index contributed by atoms with van der Waals surface area (Å²) in [6, 6.07) is 18.5. The van der Waals surface area contributed by atoms with Gasteiger partial charge in [0.1, 0.15) is 0 Å². The predicted octanol–water partition coefficient (Wildman–Crippen LogP) is 3.25. The van der Waals surface area contributed by atoms with Crippen LogP contribution in [0.5, 0.6) is 0 Å². The van der Waals surface area contributed by atoms with Gasteiger partial charge in [-0.1, -0.05) is 60.3 Å². The minimum absolute atomic E-state index is 0.0369. The lowest BCUT2D eigenvalue weighted by molar-refractivity contribution is -0.118. The van der Waals surface area contributed by atoms with Crippen molar-refractivity contribution in [2.45, 2.75) is 18.0 Å². The van der Waals surface area contributed by atoms with Crippen LogP contribution in [-0.4, -0.2) is 33.1 Å². The van der Waals surface area contributed by atoms with Crippen molar-refractivity contribution in [2.24, 2.45) is 0 Å². The van der Waals surface area contributed by atoms with E-state index in [1.54, 1.807) is 11.3 Å². The molecule has 2 heterocycles. The highest BCUT2D eigenvalue weighted by Gasteiger charge is 2.13. The highest BCUT2D eigenvalue weighted by atomic mass is 32.2. The van der Waals surface area contributed by atoms with E-state index in [0.717, 1.165) is 12.0 Å². The summed E-state index contributed by atoms with van der Waals surface area (Å²) in [6.45, 7) is 0.627. The van der Waals surface area contributed by atoms with E-state index in [1.165, 1.54) is 32.1 Å². The van der Waals surface area contributed by atoms with Crippen molar-refractivity contribution in [3.05, 3.63) is 76.2 Å². The Morgan fingerprint density at radius 2 is 1.97 bits per heavy atom. The van der Waals surface area contributed by atoms with Crippen molar-refractivity contribution < 1.29 is 4.79 Å². The Hall–Kier alpha value is -2.84. The monoisotopic (exact) mass is 423 g/mol. The number of rotatable bonds is 8. The number of aromatic nitrogens is 3. The zero-order chi connectivity index (χ0) is 20.1. The van der Waals surface area contributed by atoms with Crippen LogP contribution in [0, 0.1) is 0 Å². The number of nitrogens with one attached hydrogen (secondary N) is 1. The standard InChI is InChI=1S/C21H21N5OS2/c22-26-19(13-16-7-3-6-15-5-1-2-9-18(15)16)24-25-21(26)29-14-20(27)23-11-10-17-8-4-12-28-17/h1-9,12H,10-11,13-14,22H2,(H,23,27). The van der Waals surface area contributed by atoms with Gasteiger partial charge in [-0.05, 0) is 34.2 Å². The second-order valence-electron chi connectivity index (χ2n) is 6.55. The third kappa shape index (κ3) is 4.78. The van der Waals surface area contributed by atoms with Gasteiger partial charge in [-0.3, -0.25) is 4.79 Å². The number of carbonyl (C=O) groups excluding carboxylic acids is 1. The number of nitrogens with two attached hydrogens (primary N) is 1. The number of hydrogen-bond acceptors (Lipinski definition) is 6. The number of amides is 1. The summed E-state index contributed by atoms with van der Waals surface area (Å²) in [4.78, 5) is 13.3. The van der Waals surface area contributed by atoms with E-state index in [9.17, 15) is 4.79 Å². The SMILES string of the molecule is Nn1c(Cc2cccc3ccccc23)nnc1SCC(=O)NCCc1cccs1. The highest BCUT2D eigenvalue weighted by Crippen LogP contribution is 2.22. The molecule has 1 amide bonds. The number of nitrogens with zero attached hydrogens (tertiary/aromatic N) is 3. The average Bonchev–Trinajstić information content (AvgIpc) is 3.37. The summed E-state index contributed by atoms with van der Waals surface area (Å²) >= 11 is 2.99. The van der Waals surface area contributed by atoms with Gasteiger partial charge in [0.15, 0.2) is 5.82 Å². The van der Waals surface area contributed by atoms with Gasteiger partial charge in [0, 0.05) is 17.8 Å². The van der Waals surface area contributed by atoms with Gasteiger partial charge in [-0.2, -0.15) is 0 Å². The molecular formula is C21H21N5OS2. The van der Waals surface area contributed by atoms with E-state index in [2.05, 4.69) is 45.8 Å². The third-order valence-electron chi connectivity index (χ3n) is 4.57. The van der Waals surface area contributed by atoms with Gasteiger partial charge in [0.05, 0.1) is 5.75 Å².